The lowest BCUT2D eigenvalue weighted by Crippen LogP contribution is -2.36. The summed E-state index contributed by atoms with van der Waals surface area (Å²) < 4.78 is 76.3. The number of nitrogen functional groups attached to an aromatic ring is 1. The van der Waals surface area contributed by atoms with Crippen LogP contribution in [0.15, 0.2) is 34.5 Å². The van der Waals surface area contributed by atoms with Crippen molar-refractivity contribution in [2.75, 3.05) is 18.9 Å². The number of phosphoric acid groups is 1. The molecule has 2 saturated heterocycles. The number of carbonyl (C=O) groups excluding carboxylic acids is 1. The number of imidazole rings is 1. The number of hydrogen-bond acceptors (Lipinski definition) is 14. The molecule has 5 rings (SSSR count). The molecular weight excluding hydrogens is 614 g/mol. The number of phosphoric ester groups is 1. The van der Waals surface area contributed by atoms with Gasteiger partial charge in [-0.3, -0.25) is 32.8 Å². The number of alkyl halides is 2. The first-order valence-corrected chi connectivity index (χ1v) is 13.9. The minimum absolute atomic E-state index is 0.000813. The van der Waals surface area contributed by atoms with Crippen LogP contribution in [0.1, 0.15) is 12.5 Å². The summed E-state index contributed by atoms with van der Waals surface area (Å²) in [6, 6.07) is 0.950. The molecule has 0 bridgehead atoms. The van der Waals surface area contributed by atoms with Gasteiger partial charge < -0.3 is 29.4 Å². The van der Waals surface area contributed by atoms with E-state index in [4.69, 9.17) is 33.5 Å². The topological polar surface area (TPSA) is 234 Å². The van der Waals surface area contributed by atoms with Gasteiger partial charge in [-0.05, 0) is 0 Å². The smallest absolute Gasteiger partial charge is 0.456 e. The molecule has 18 nitrogen and oxygen atoms in total. The number of halogens is 2. The standard InChI is InChI=1S/C20H23F2N7O11P2/c21-11-8(38-19(15(11)35-7-30)29-6-26-13-16(23)24-5-25-17(13)29)4-37-42(33,34)40-14-9(3-36-41)39-18(12(14)22)28-2-1-10(31)27-20(28)32/h1-2,5-9,11-12,14-15,18-19H,3-4,41H2,(H,33,34)(H2,23,24,25)(H,27,31,32)/t8-,9-,11-,12-,14-,15-,18-,19-/m1/s1. The van der Waals surface area contributed by atoms with Gasteiger partial charge in [0.2, 0.25) is 0 Å². The van der Waals surface area contributed by atoms with Crippen LogP contribution in [0, 0.1) is 0 Å². The number of carbonyl (C=O) groups is 1. The van der Waals surface area contributed by atoms with Gasteiger partial charge in [0.25, 0.3) is 12.0 Å². The summed E-state index contributed by atoms with van der Waals surface area (Å²) in [4.78, 5) is 58.8. The van der Waals surface area contributed by atoms with Crippen molar-refractivity contribution in [2.24, 2.45) is 0 Å². The normalized spacial score (nSPS) is 30.9. The summed E-state index contributed by atoms with van der Waals surface area (Å²) in [7, 11) is -3.28. The summed E-state index contributed by atoms with van der Waals surface area (Å²) in [5.74, 6) is 0.0275. The lowest BCUT2D eigenvalue weighted by molar-refractivity contribution is -0.141. The van der Waals surface area contributed by atoms with Crippen LogP contribution < -0.4 is 17.0 Å². The fourth-order valence-electron chi connectivity index (χ4n) is 4.57. The molecule has 5 heterocycles. The van der Waals surface area contributed by atoms with Crippen molar-refractivity contribution in [3.63, 3.8) is 0 Å². The van der Waals surface area contributed by atoms with Gasteiger partial charge in [0.1, 0.15) is 30.2 Å². The number of ether oxygens (including phenoxy) is 3. The molecule has 2 aliphatic rings. The minimum Gasteiger partial charge on any atom is -0.456 e. The van der Waals surface area contributed by atoms with Crippen LogP contribution in [0.2, 0.25) is 0 Å². The maximum atomic E-state index is 15.4. The molecule has 2 fully saturated rings. The Kier molecular flexibility index (Phi) is 8.77. The first kappa shape index (κ1) is 30.2. The van der Waals surface area contributed by atoms with Gasteiger partial charge in [0.05, 0.1) is 19.5 Å². The molecule has 0 spiro atoms. The maximum absolute atomic E-state index is 15.4. The monoisotopic (exact) mass is 637 g/mol. The number of rotatable bonds is 11. The van der Waals surface area contributed by atoms with Gasteiger partial charge in [-0.25, -0.2) is 33.1 Å². The van der Waals surface area contributed by atoms with E-state index in [0.29, 0.717) is 0 Å². The molecule has 3 aromatic heterocycles. The number of hydrogen-bond donors (Lipinski definition) is 3. The van der Waals surface area contributed by atoms with Gasteiger partial charge in [0, 0.05) is 21.7 Å². The first-order chi connectivity index (χ1) is 20.0. The Hall–Kier alpha value is -3.22. The van der Waals surface area contributed by atoms with Crippen LogP contribution in [0.5, 0.6) is 0 Å². The zero-order valence-electron chi connectivity index (χ0n) is 21.0. The van der Waals surface area contributed by atoms with Gasteiger partial charge in [-0.1, -0.05) is 0 Å². The average Bonchev–Trinajstić information content (AvgIpc) is 3.59. The molecule has 228 valence electrons. The van der Waals surface area contributed by atoms with E-state index >= 15 is 8.78 Å². The van der Waals surface area contributed by atoms with E-state index in [9.17, 15) is 23.8 Å². The fraction of sp³-hybridized carbons (Fsp3) is 0.500. The summed E-state index contributed by atoms with van der Waals surface area (Å²) in [6.45, 7) is -1.27. The Morgan fingerprint density at radius 1 is 1.12 bits per heavy atom. The first-order valence-electron chi connectivity index (χ1n) is 11.9. The maximum Gasteiger partial charge on any atom is 0.472 e. The number of nitrogens with two attached hydrogens (primary N) is 1. The highest BCUT2D eigenvalue weighted by molar-refractivity contribution is 7.47. The van der Waals surface area contributed by atoms with Crippen LogP contribution in [0.3, 0.4) is 0 Å². The zero-order valence-corrected chi connectivity index (χ0v) is 23.1. The van der Waals surface area contributed by atoms with Crippen LogP contribution in [0.4, 0.5) is 14.6 Å². The lowest BCUT2D eigenvalue weighted by atomic mass is 10.1. The van der Waals surface area contributed by atoms with Crippen molar-refractivity contribution in [1.29, 1.82) is 0 Å². The molecule has 4 N–H and O–H groups in total. The highest BCUT2D eigenvalue weighted by atomic mass is 31.2. The van der Waals surface area contributed by atoms with Crippen LogP contribution in [-0.4, -0.2) is 90.4 Å². The molecule has 2 aliphatic heterocycles. The van der Waals surface area contributed by atoms with Crippen molar-refractivity contribution >= 4 is 40.7 Å². The number of H-pyrrole nitrogens is 1. The van der Waals surface area contributed by atoms with Gasteiger partial charge in [-0.15, -0.1) is 0 Å². The largest absolute Gasteiger partial charge is 0.472 e. The van der Waals surface area contributed by atoms with Crippen molar-refractivity contribution in [3.05, 3.63) is 45.8 Å². The second kappa shape index (κ2) is 12.2. The quantitative estimate of drug-likeness (QED) is 0.174. The minimum atomic E-state index is -5.16. The van der Waals surface area contributed by atoms with E-state index in [0.717, 1.165) is 23.2 Å². The average molecular weight is 637 g/mol. The number of anilines is 1. The summed E-state index contributed by atoms with van der Waals surface area (Å²) in [5, 5.41) is 0. The third kappa shape index (κ3) is 5.84. The Balaban J connectivity index is 1.30. The Bertz CT molecular complexity index is 1610. The van der Waals surface area contributed by atoms with Crippen molar-refractivity contribution in [1.82, 2.24) is 29.1 Å². The molecule has 10 atom stereocenters. The lowest BCUT2D eigenvalue weighted by Gasteiger charge is -2.23. The highest BCUT2D eigenvalue weighted by Gasteiger charge is 2.52. The molecule has 0 radical (unpaired) electrons. The Morgan fingerprint density at radius 3 is 2.60 bits per heavy atom. The van der Waals surface area contributed by atoms with Crippen LogP contribution >= 0.6 is 17.3 Å². The second-order valence-corrected chi connectivity index (χ2v) is 10.7. The van der Waals surface area contributed by atoms with Crippen LogP contribution in [0.25, 0.3) is 11.2 Å². The predicted molar refractivity (Wildman–Crippen MR) is 136 cm³/mol. The molecular formula is C20H23F2N7O11P2. The van der Waals surface area contributed by atoms with E-state index < -0.39 is 74.9 Å². The molecule has 0 aromatic carbocycles. The van der Waals surface area contributed by atoms with E-state index in [1.807, 2.05) is 14.5 Å². The SMILES string of the molecule is Nc1ncnc2c1ncn2[C@@H]1O[C@H](COP(=O)(O)O[C@H]2[C@@H](F)[C@H](n3ccc(=O)[nH]c3=O)O[C@@H]2COP)[C@@H](F)[C@H]1OC=O. The highest BCUT2D eigenvalue weighted by Crippen LogP contribution is 2.50. The molecule has 42 heavy (non-hydrogen) atoms. The van der Waals surface area contributed by atoms with Crippen molar-refractivity contribution < 1.29 is 50.8 Å². The number of aromatic nitrogens is 6. The molecule has 0 saturated carbocycles. The van der Waals surface area contributed by atoms with Gasteiger partial charge >= 0.3 is 13.5 Å². The number of nitrogens with one attached hydrogen (secondary N) is 1. The second-order valence-electron chi connectivity index (χ2n) is 8.98. The van der Waals surface area contributed by atoms with Crippen molar-refractivity contribution in [3.8, 4) is 0 Å². The summed E-state index contributed by atoms with van der Waals surface area (Å²) in [5.41, 5.74) is 4.33. The summed E-state index contributed by atoms with van der Waals surface area (Å²) >= 11 is 0. The number of fused-ring (bicyclic) bond motifs is 1. The molecule has 0 aliphatic carbocycles. The van der Waals surface area contributed by atoms with E-state index in [1.54, 1.807) is 0 Å². The van der Waals surface area contributed by atoms with E-state index in [-0.39, 0.29) is 30.1 Å². The fourth-order valence-corrected chi connectivity index (χ4v) is 5.72. The third-order valence-corrected chi connectivity index (χ3v) is 7.63. The molecule has 22 heteroatoms. The predicted octanol–water partition coefficient (Wildman–Crippen LogP) is -0.720. The van der Waals surface area contributed by atoms with Gasteiger partial charge in [0.15, 0.2) is 42.4 Å². The Labute approximate surface area is 234 Å². The third-order valence-electron chi connectivity index (χ3n) is 6.45. The Morgan fingerprint density at radius 2 is 1.88 bits per heavy atom. The molecule has 0 amide bonds. The number of nitrogens with zero attached hydrogens (tertiary/aromatic N) is 5. The van der Waals surface area contributed by atoms with Gasteiger partial charge in [-0.2, -0.15) is 0 Å². The molecule has 3 aromatic rings. The summed E-state index contributed by atoms with van der Waals surface area (Å²) in [6.07, 6.45) is -10.2. The molecule has 2 unspecified atom stereocenters. The zero-order chi connectivity index (χ0) is 30.2. The number of aromatic amines is 1. The van der Waals surface area contributed by atoms with Crippen molar-refractivity contribution in [2.45, 2.75) is 49.2 Å². The van der Waals surface area contributed by atoms with Crippen LogP contribution in [-0.2, 0) is 37.1 Å². The van der Waals surface area contributed by atoms with E-state index in [1.165, 1.54) is 10.9 Å². The van der Waals surface area contributed by atoms with E-state index in [2.05, 4.69) is 15.0 Å².